The van der Waals surface area contributed by atoms with Gasteiger partial charge in [0.15, 0.2) is 0 Å². The lowest BCUT2D eigenvalue weighted by molar-refractivity contribution is 0.0695. The van der Waals surface area contributed by atoms with Crippen molar-refractivity contribution >= 4 is 28.6 Å². The third kappa shape index (κ3) is 3.97. The van der Waals surface area contributed by atoms with E-state index in [0.29, 0.717) is 5.75 Å². The van der Waals surface area contributed by atoms with Crippen LogP contribution in [0, 0.1) is 5.82 Å². The molecule has 0 fully saturated rings. The molecule has 0 radical (unpaired) electrons. The average molecular weight is 419 g/mol. The Labute approximate surface area is 174 Å². The van der Waals surface area contributed by atoms with Crippen molar-refractivity contribution in [3.63, 3.8) is 0 Å². The van der Waals surface area contributed by atoms with Crippen molar-refractivity contribution in [1.29, 1.82) is 0 Å². The zero-order valence-electron chi connectivity index (χ0n) is 15.8. The summed E-state index contributed by atoms with van der Waals surface area (Å²) in [6, 6.07) is 13.8. The highest BCUT2D eigenvalue weighted by Crippen LogP contribution is 2.27. The first-order chi connectivity index (χ1) is 14.9. The summed E-state index contributed by atoms with van der Waals surface area (Å²) in [6.45, 7) is 0. The molecule has 2 aromatic carbocycles. The van der Waals surface area contributed by atoms with Gasteiger partial charge in [0.25, 0.3) is 0 Å². The highest BCUT2D eigenvalue weighted by Gasteiger charge is 2.18. The van der Waals surface area contributed by atoms with Crippen molar-refractivity contribution in [2.24, 2.45) is 0 Å². The minimum atomic E-state index is -1.45. The minimum absolute atomic E-state index is 0.0475. The van der Waals surface area contributed by atoms with Crippen LogP contribution >= 0.6 is 0 Å². The van der Waals surface area contributed by atoms with E-state index in [0.717, 1.165) is 10.8 Å². The molecule has 0 aliphatic heterocycles. The Balaban J connectivity index is 1.72. The van der Waals surface area contributed by atoms with E-state index in [9.17, 15) is 23.9 Å². The summed E-state index contributed by atoms with van der Waals surface area (Å²) in [4.78, 5) is 40.9. The Morgan fingerprint density at radius 2 is 1.77 bits per heavy atom. The Morgan fingerprint density at radius 1 is 1.03 bits per heavy atom. The highest BCUT2D eigenvalue weighted by molar-refractivity contribution is 6.01. The number of halogens is 1. The Morgan fingerprint density at radius 3 is 2.52 bits per heavy atom. The summed E-state index contributed by atoms with van der Waals surface area (Å²) < 4.78 is 19.8. The van der Waals surface area contributed by atoms with Crippen LogP contribution in [0.4, 0.5) is 14.9 Å². The van der Waals surface area contributed by atoms with Gasteiger partial charge in [0, 0.05) is 17.8 Å². The summed E-state index contributed by atoms with van der Waals surface area (Å²) >= 11 is 0. The number of carboxylic acid groups (broad SMARTS) is 1. The van der Waals surface area contributed by atoms with E-state index in [2.05, 4.69) is 10.3 Å². The topological polar surface area (TPSA) is 111 Å². The van der Waals surface area contributed by atoms with E-state index in [1.165, 1.54) is 48.7 Å². The number of rotatable bonds is 4. The zero-order chi connectivity index (χ0) is 22.0. The number of amides is 1. The van der Waals surface area contributed by atoms with Gasteiger partial charge >= 0.3 is 12.0 Å². The molecule has 9 heteroatoms. The Bertz CT molecular complexity index is 1370. The number of pyridine rings is 2. The molecule has 0 atom stereocenters. The number of hydrogen-bond acceptors (Lipinski definition) is 5. The Hall–Kier alpha value is -4.53. The monoisotopic (exact) mass is 419 g/mol. The van der Waals surface area contributed by atoms with Crippen LogP contribution < -0.4 is 15.5 Å². The van der Waals surface area contributed by atoms with Crippen LogP contribution in [0.15, 0.2) is 77.9 Å². The molecule has 8 nitrogen and oxygen atoms in total. The first kappa shape index (κ1) is 19.8. The number of benzene rings is 2. The molecule has 31 heavy (non-hydrogen) atoms. The summed E-state index contributed by atoms with van der Waals surface area (Å²) in [7, 11) is 0. The molecule has 4 aromatic rings. The van der Waals surface area contributed by atoms with Gasteiger partial charge in [0.2, 0.25) is 11.3 Å². The lowest BCUT2D eigenvalue weighted by atomic mass is 10.1. The first-order valence-electron chi connectivity index (χ1n) is 9.01. The molecular weight excluding hydrogens is 405 g/mol. The van der Waals surface area contributed by atoms with Crippen LogP contribution in [0.2, 0.25) is 0 Å². The molecule has 0 spiro atoms. The van der Waals surface area contributed by atoms with Crippen molar-refractivity contribution in [1.82, 2.24) is 9.55 Å². The van der Waals surface area contributed by atoms with Crippen molar-refractivity contribution in [2.45, 2.75) is 0 Å². The van der Waals surface area contributed by atoms with Gasteiger partial charge in [-0.25, -0.2) is 19.0 Å². The molecule has 0 aliphatic carbocycles. The van der Waals surface area contributed by atoms with Gasteiger partial charge < -0.3 is 15.2 Å². The fourth-order valence-electron chi connectivity index (χ4n) is 2.96. The van der Waals surface area contributed by atoms with Gasteiger partial charge in [-0.05, 0) is 48.5 Å². The molecule has 154 valence electrons. The molecule has 2 heterocycles. The van der Waals surface area contributed by atoms with Crippen LogP contribution in [-0.4, -0.2) is 26.7 Å². The number of aromatic carboxylic acids is 1. The smallest absolute Gasteiger partial charge is 0.341 e. The molecule has 0 bridgehead atoms. The van der Waals surface area contributed by atoms with Gasteiger partial charge in [-0.3, -0.25) is 9.36 Å². The predicted molar refractivity (Wildman–Crippen MR) is 110 cm³/mol. The van der Waals surface area contributed by atoms with Gasteiger partial charge in [-0.2, -0.15) is 0 Å². The minimum Gasteiger partial charge on any atom is -0.477 e. The second-order valence-electron chi connectivity index (χ2n) is 6.41. The molecule has 4 rings (SSSR count). The van der Waals surface area contributed by atoms with Crippen molar-refractivity contribution < 1.29 is 23.8 Å². The van der Waals surface area contributed by atoms with E-state index < -0.39 is 28.8 Å². The number of carbonyl (C=O) groups excluding carboxylic acids is 1. The molecule has 0 unspecified atom stereocenters. The van der Waals surface area contributed by atoms with Gasteiger partial charge in [0.05, 0.1) is 5.52 Å². The third-order valence-corrected chi connectivity index (χ3v) is 4.40. The molecule has 1 amide bonds. The van der Waals surface area contributed by atoms with Crippen LogP contribution in [0.3, 0.4) is 0 Å². The lowest BCUT2D eigenvalue weighted by Gasteiger charge is -2.14. The van der Waals surface area contributed by atoms with Crippen LogP contribution in [0.25, 0.3) is 10.9 Å². The first-order valence-corrected chi connectivity index (χ1v) is 9.01. The van der Waals surface area contributed by atoms with Crippen LogP contribution in [-0.2, 0) is 0 Å². The van der Waals surface area contributed by atoms with E-state index in [1.54, 1.807) is 18.2 Å². The van der Waals surface area contributed by atoms with Crippen molar-refractivity contribution in [2.75, 3.05) is 5.32 Å². The number of nitrogens with zero attached hydrogens (tertiary/aromatic N) is 2. The maximum Gasteiger partial charge on any atom is 0.341 e. The number of nitrogens with one attached hydrogen (secondary N) is 1. The average Bonchev–Trinajstić information content (AvgIpc) is 2.77. The van der Waals surface area contributed by atoms with Crippen LogP contribution in [0.1, 0.15) is 10.4 Å². The summed E-state index contributed by atoms with van der Waals surface area (Å²) in [5.41, 5.74) is -0.798. The maximum atomic E-state index is 13.1. The summed E-state index contributed by atoms with van der Waals surface area (Å²) in [6.07, 6.45) is 2.42. The molecule has 0 saturated heterocycles. The lowest BCUT2D eigenvalue weighted by Crippen LogP contribution is -2.25. The second-order valence-corrected chi connectivity index (χ2v) is 6.41. The molecule has 2 aromatic heterocycles. The number of anilines is 1. The van der Waals surface area contributed by atoms with E-state index in [4.69, 9.17) is 4.74 Å². The number of aromatic nitrogens is 2. The number of carbonyl (C=O) groups is 2. The number of fused-ring (bicyclic) bond motifs is 1. The molecule has 2 N–H and O–H groups in total. The molecule has 0 aliphatic rings. The van der Waals surface area contributed by atoms with Crippen molar-refractivity contribution in [3.05, 3.63) is 94.7 Å². The van der Waals surface area contributed by atoms with Gasteiger partial charge in [0.1, 0.15) is 22.8 Å². The summed E-state index contributed by atoms with van der Waals surface area (Å²) in [5, 5.41) is 12.0. The fourth-order valence-corrected chi connectivity index (χ4v) is 2.96. The molecule has 0 saturated carbocycles. The number of para-hydroxylation sites is 1. The second kappa shape index (κ2) is 8.07. The number of carboxylic acids is 1. The quantitative estimate of drug-likeness (QED) is 0.515. The normalized spacial score (nSPS) is 10.6. The largest absolute Gasteiger partial charge is 0.477 e. The number of ether oxygens (including phenoxy) is 1. The number of hydrogen-bond donors (Lipinski definition) is 2. The maximum absolute atomic E-state index is 13.1. The van der Waals surface area contributed by atoms with Gasteiger partial charge in [-0.1, -0.05) is 12.1 Å². The highest BCUT2D eigenvalue weighted by atomic mass is 19.1. The van der Waals surface area contributed by atoms with Crippen LogP contribution in [0.5, 0.6) is 11.6 Å². The SMILES string of the molecule is O=C(O)c1cn(C(=O)Nc2cccnc2Oc2ccc(F)cc2)c2ccccc2c1=O. The summed E-state index contributed by atoms with van der Waals surface area (Å²) in [5.74, 6) is -1.52. The predicted octanol–water partition coefficient (Wildman–Crippen LogP) is 4.11. The third-order valence-electron chi connectivity index (χ3n) is 4.40. The Kier molecular flexibility index (Phi) is 5.15. The van der Waals surface area contributed by atoms with Crippen molar-refractivity contribution in [3.8, 4) is 11.6 Å². The zero-order valence-corrected chi connectivity index (χ0v) is 15.8. The van der Waals surface area contributed by atoms with E-state index >= 15 is 0 Å². The fraction of sp³-hybridized carbons (Fsp3) is 0. The van der Waals surface area contributed by atoms with Gasteiger partial charge in [-0.15, -0.1) is 0 Å². The van der Waals surface area contributed by atoms with E-state index in [1.807, 2.05) is 0 Å². The standard InChI is InChI=1S/C22H14FN3O5/c23-13-7-9-14(10-8-13)31-20-17(5-3-11-24-20)25-22(30)26-12-16(21(28)29)19(27)15-4-1-2-6-18(15)26/h1-12H,(H,25,30)(H,28,29). The van der Waals surface area contributed by atoms with E-state index in [-0.39, 0.29) is 22.5 Å². The molecular formula is C22H14FN3O5.